The van der Waals surface area contributed by atoms with Crippen LogP contribution in [0.3, 0.4) is 0 Å². The highest BCUT2D eigenvalue weighted by Crippen LogP contribution is 2.25. The molecule has 2 aromatic rings. The van der Waals surface area contributed by atoms with E-state index in [0.717, 1.165) is 30.3 Å². The van der Waals surface area contributed by atoms with Crippen molar-refractivity contribution in [2.24, 2.45) is 0 Å². The minimum atomic E-state index is -0.198. The Morgan fingerprint density at radius 3 is 3.00 bits per heavy atom. The van der Waals surface area contributed by atoms with Crippen LogP contribution in [-0.2, 0) is 12.8 Å². The molecule has 1 N–H and O–H groups in total. The number of carbonyl (C=O) groups excluding carboxylic acids is 1. The lowest BCUT2D eigenvalue weighted by atomic mass is 10.1. The number of rotatable bonds is 2. The van der Waals surface area contributed by atoms with Crippen molar-refractivity contribution in [1.82, 2.24) is 8.75 Å². The lowest BCUT2D eigenvalue weighted by Gasteiger charge is -2.05. The molecule has 1 aromatic carbocycles. The standard InChI is InChI=1S/C12H11N3OS/c16-12(11-7-13-17-15-11)14-10-5-4-8-2-1-3-9(8)6-10/h4-7H,1-3H2,(H,14,16). The van der Waals surface area contributed by atoms with Gasteiger partial charge in [0.1, 0.15) is 0 Å². The van der Waals surface area contributed by atoms with E-state index in [4.69, 9.17) is 0 Å². The maximum absolute atomic E-state index is 11.8. The minimum Gasteiger partial charge on any atom is -0.321 e. The molecule has 3 rings (SSSR count). The van der Waals surface area contributed by atoms with E-state index in [2.05, 4.69) is 26.2 Å². The quantitative estimate of drug-likeness (QED) is 0.883. The van der Waals surface area contributed by atoms with Crippen molar-refractivity contribution in [3.05, 3.63) is 41.2 Å². The van der Waals surface area contributed by atoms with E-state index in [1.807, 2.05) is 6.07 Å². The van der Waals surface area contributed by atoms with Crippen molar-refractivity contribution >= 4 is 23.3 Å². The molecule has 0 aliphatic heterocycles. The van der Waals surface area contributed by atoms with Crippen molar-refractivity contribution in [3.8, 4) is 0 Å². The van der Waals surface area contributed by atoms with E-state index < -0.39 is 0 Å². The molecule has 1 amide bonds. The number of hydrogen-bond acceptors (Lipinski definition) is 4. The van der Waals surface area contributed by atoms with Gasteiger partial charge in [0.15, 0.2) is 5.69 Å². The second-order valence-electron chi connectivity index (χ2n) is 4.08. The van der Waals surface area contributed by atoms with Gasteiger partial charge in [-0.1, -0.05) is 6.07 Å². The molecule has 1 heterocycles. The van der Waals surface area contributed by atoms with Crippen LogP contribution in [0, 0.1) is 0 Å². The maximum Gasteiger partial charge on any atom is 0.277 e. The summed E-state index contributed by atoms with van der Waals surface area (Å²) in [6, 6.07) is 6.10. The fourth-order valence-electron chi connectivity index (χ4n) is 2.11. The van der Waals surface area contributed by atoms with Crippen molar-refractivity contribution in [1.29, 1.82) is 0 Å². The average molecular weight is 245 g/mol. The zero-order valence-corrected chi connectivity index (χ0v) is 9.96. The number of benzene rings is 1. The van der Waals surface area contributed by atoms with Crippen LogP contribution in [0.15, 0.2) is 24.4 Å². The van der Waals surface area contributed by atoms with E-state index in [1.165, 1.54) is 23.7 Å². The molecule has 0 bridgehead atoms. The molecule has 0 saturated heterocycles. The first-order valence-corrected chi connectivity index (χ1v) is 6.27. The summed E-state index contributed by atoms with van der Waals surface area (Å²) in [5.41, 5.74) is 3.96. The number of amides is 1. The summed E-state index contributed by atoms with van der Waals surface area (Å²) in [6.45, 7) is 0. The third-order valence-corrected chi connectivity index (χ3v) is 3.43. The Kier molecular flexibility index (Phi) is 2.60. The van der Waals surface area contributed by atoms with Crippen molar-refractivity contribution < 1.29 is 4.79 Å². The summed E-state index contributed by atoms with van der Waals surface area (Å²) < 4.78 is 7.72. The molecular formula is C12H11N3OS. The molecule has 4 nitrogen and oxygen atoms in total. The van der Waals surface area contributed by atoms with Crippen LogP contribution in [0.2, 0.25) is 0 Å². The molecule has 0 atom stereocenters. The molecular weight excluding hydrogens is 234 g/mol. The highest BCUT2D eigenvalue weighted by Gasteiger charge is 2.13. The fraction of sp³-hybridized carbons (Fsp3) is 0.250. The average Bonchev–Trinajstić information content (AvgIpc) is 2.99. The summed E-state index contributed by atoms with van der Waals surface area (Å²) in [5.74, 6) is -0.198. The highest BCUT2D eigenvalue weighted by molar-refractivity contribution is 6.99. The predicted molar refractivity (Wildman–Crippen MR) is 66.3 cm³/mol. The summed E-state index contributed by atoms with van der Waals surface area (Å²) in [7, 11) is 0. The third-order valence-electron chi connectivity index (χ3n) is 2.95. The Bertz CT molecular complexity index is 551. The van der Waals surface area contributed by atoms with Gasteiger partial charge in [0.2, 0.25) is 0 Å². The van der Waals surface area contributed by atoms with Crippen molar-refractivity contribution in [2.75, 3.05) is 5.32 Å². The van der Waals surface area contributed by atoms with Gasteiger partial charge >= 0.3 is 0 Å². The fourth-order valence-corrected chi connectivity index (χ4v) is 2.52. The molecule has 17 heavy (non-hydrogen) atoms. The largest absolute Gasteiger partial charge is 0.321 e. The Labute approximate surface area is 103 Å². The van der Waals surface area contributed by atoms with Crippen LogP contribution in [0.5, 0.6) is 0 Å². The molecule has 1 aliphatic carbocycles. The van der Waals surface area contributed by atoms with Crippen LogP contribution < -0.4 is 5.32 Å². The van der Waals surface area contributed by atoms with Gasteiger partial charge < -0.3 is 5.32 Å². The molecule has 0 fully saturated rings. The van der Waals surface area contributed by atoms with Crippen LogP contribution in [0.1, 0.15) is 28.0 Å². The first-order valence-electron chi connectivity index (χ1n) is 5.53. The number of fused-ring (bicyclic) bond motifs is 1. The van der Waals surface area contributed by atoms with Gasteiger partial charge in [0.25, 0.3) is 5.91 Å². The van der Waals surface area contributed by atoms with Gasteiger partial charge in [-0.25, -0.2) is 0 Å². The first kappa shape index (κ1) is 10.4. The first-order chi connectivity index (χ1) is 8.33. The lowest BCUT2D eigenvalue weighted by Crippen LogP contribution is -2.12. The summed E-state index contributed by atoms with van der Waals surface area (Å²) in [6.07, 6.45) is 4.95. The topological polar surface area (TPSA) is 54.9 Å². The number of hydrogen-bond donors (Lipinski definition) is 1. The van der Waals surface area contributed by atoms with Gasteiger partial charge in [0, 0.05) is 5.69 Å². The van der Waals surface area contributed by atoms with Gasteiger partial charge in [-0.3, -0.25) is 4.79 Å². The number of aromatic nitrogens is 2. The van der Waals surface area contributed by atoms with Crippen LogP contribution in [-0.4, -0.2) is 14.7 Å². The molecule has 0 radical (unpaired) electrons. The summed E-state index contributed by atoms with van der Waals surface area (Å²) in [5, 5.41) is 2.84. The second kappa shape index (κ2) is 4.25. The Balaban J connectivity index is 1.80. The summed E-state index contributed by atoms with van der Waals surface area (Å²) in [4.78, 5) is 11.8. The number of anilines is 1. The SMILES string of the molecule is O=C(Nc1ccc2c(c1)CCC2)c1cnsn1. The molecule has 0 spiro atoms. The molecule has 0 unspecified atom stereocenters. The van der Waals surface area contributed by atoms with Crippen LogP contribution >= 0.6 is 11.7 Å². The number of aryl methyl sites for hydroxylation is 2. The van der Waals surface area contributed by atoms with Gasteiger partial charge in [0.05, 0.1) is 17.9 Å². The Morgan fingerprint density at radius 2 is 2.18 bits per heavy atom. The lowest BCUT2D eigenvalue weighted by molar-refractivity contribution is 0.102. The van der Waals surface area contributed by atoms with E-state index in [9.17, 15) is 4.79 Å². The molecule has 1 aliphatic rings. The normalized spacial score (nSPS) is 13.4. The number of carbonyl (C=O) groups is 1. The van der Waals surface area contributed by atoms with Gasteiger partial charge in [-0.2, -0.15) is 8.75 Å². The summed E-state index contributed by atoms with van der Waals surface area (Å²) >= 11 is 1.04. The molecule has 0 saturated carbocycles. The third kappa shape index (κ3) is 2.06. The number of nitrogens with one attached hydrogen (secondary N) is 1. The van der Waals surface area contributed by atoms with E-state index in [-0.39, 0.29) is 5.91 Å². The van der Waals surface area contributed by atoms with Crippen molar-refractivity contribution in [3.63, 3.8) is 0 Å². The minimum absolute atomic E-state index is 0.198. The monoisotopic (exact) mass is 245 g/mol. The van der Waals surface area contributed by atoms with E-state index in [0.29, 0.717) is 5.69 Å². The highest BCUT2D eigenvalue weighted by atomic mass is 32.1. The van der Waals surface area contributed by atoms with Crippen LogP contribution in [0.25, 0.3) is 0 Å². The zero-order chi connectivity index (χ0) is 11.7. The smallest absolute Gasteiger partial charge is 0.277 e. The molecule has 86 valence electrons. The zero-order valence-electron chi connectivity index (χ0n) is 9.14. The predicted octanol–water partition coefficient (Wildman–Crippen LogP) is 2.28. The second-order valence-corrected chi connectivity index (χ2v) is 4.64. The van der Waals surface area contributed by atoms with E-state index in [1.54, 1.807) is 0 Å². The van der Waals surface area contributed by atoms with Crippen molar-refractivity contribution in [2.45, 2.75) is 19.3 Å². The van der Waals surface area contributed by atoms with E-state index >= 15 is 0 Å². The van der Waals surface area contributed by atoms with Gasteiger partial charge in [-0.05, 0) is 42.5 Å². The molecule has 5 heteroatoms. The van der Waals surface area contributed by atoms with Gasteiger partial charge in [-0.15, -0.1) is 0 Å². The molecule has 1 aromatic heterocycles. The Morgan fingerprint density at radius 1 is 1.29 bits per heavy atom. The van der Waals surface area contributed by atoms with Crippen LogP contribution in [0.4, 0.5) is 5.69 Å². The maximum atomic E-state index is 11.8. The Hall–Kier alpha value is -1.75. The number of nitrogens with zero attached hydrogens (tertiary/aromatic N) is 2.